The van der Waals surface area contributed by atoms with E-state index >= 15 is 0 Å². The van der Waals surface area contributed by atoms with Gasteiger partial charge in [-0.15, -0.1) is 0 Å². The zero-order valence-electron chi connectivity index (χ0n) is 11.5. The Balaban J connectivity index is 2.72. The predicted molar refractivity (Wildman–Crippen MR) is 74.4 cm³/mol. The highest BCUT2D eigenvalue weighted by Crippen LogP contribution is 2.23. The highest BCUT2D eigenvalue weighted by Gasteiger charge is 2.17. The van der Waals surface area contributed by atoms with Gasteiger partial charge in [0.2, 0.25) is 0 Å². The van der Waals surface area contributed by atoms with Gasteiger partial charge in [0, 0.05) is 6.07 Å². The molecular weight excluding hydrogens is 276 g/mol. The summed E-state index contributed by atoms with van der Waals surface area (Å²) in [5, 5.41) is 13.5. The van der Waals surface area contributed by atoms with Crippen molar-refractivity contribution in [2.75, 3.05) is 7.11 Å². The minimum Gasteiger partial charge on any atom is -0.505 e. The number of nitrogens with one attached hydrogen (secondary N) is 1. The molecule has 0 aliphatic carbocycles. The average molecular weight is 290 g/mol. The Hall–Kier alpha value is -2.87. The molecule has 0 atom stereocenters. The van der Waals surface area contributed by atoms with Gasteiger partial charge in [-0.05, 0) is 24.6 Å². The average Bonchev–Trinajstić information content (AvgIpc) is 2.46. The highest BCUT2D eigenvalue weighted by molar-refractivity contribution is 5.94. The van der Waals surface area contributed by atoms with Crippen LogP contribution in [-0.4, -0.2) is 27.9 Å². The summed E-state index contributed by atoms with van der Waals surface area (Å²) in [6.07, 6.45) is 0. The van der Waals surface area contributed by atoms with Crippen molar-refractivity contribution in [3.05, 3.63) is 45.9 Å². The molecule has 8 heteroatoms. The van der Waals surface area contributed by atoms with E-state index in [9.17, 15) is 14.7 Å². The topological polar surface area (TPSA) is 119 Å². The van der Waals surface area contributed by atoms with Crippen molar-refractivity contribution in [3.8, 4) is 17.2 Å². The lowest BCUT2D eigenvalue weighted by molar-refractivity contribution is 0.0943. The molecule has 8 nitrogen and oxygen atoms in total. The SMILES string of the molecule is COc1ccc(C)cc1-n1nc(C(=O)NN)c(O)cc1=O. The quantitative estimate of drug-likeness (QED) is 0.411. The van der Waals surface area contributed by atoms with Gasteiger partial charge < -0.3 is 9.84 Å². The first kappa shape index (κ1) is 14.5. The van der Waals surface area contributed by atoms with Crippen LogP contribution in [0.25, 0.3) is 5.69 Å². The van der Waals surface area contributed by atoms with E-state index in [0.717, 1.165) is 16.3 Å². The van der Waals surface area contributed by atoms with Crippen molar-refractivity contribution in [2.45, 2.75) is 6.92 Å². The summed E-state index contributed by atoms with van der Waals surface area (Å²) >= 11 is 0. The van der Waals surface area contributed by atoms with Gasteiger partial charge in [0.1, 0.15) is 11.4 Å². The van der Waals surface area contributed by atoms with Crippen LogP contribution in [0, 0.1) is 6.92 Å². The number of carbonyl (C=O) groups is 1. The van der Waals surface area contributed by atoms with E-state index in [1.165, 1.54) is 7.11 Å². The largest absolute Gasteiger partial charge is 0.505 e. The molecule has 0 radical (unpaired) electrons. The molecule has 0 aliphatic rings. The van der Waals surface area contributed by atoms with E-state index in [4.69, 9.17) is 10.6 Å². The number of aryl methyl sites for hydroxylation is 1. The molecule has 1 heterocycles. The number of hydrazine groups is 1. The molecule has 0 spiro atoms. The molecule has 1 aromatic carbocycles. The number of nitrogens with two attached hydrogens (primary N) is 1. The second-order valence-corrected chi connectivity index (χ2v) is 4.28. The molecule has 4 N–H and O–H groups in total. The molecule has 0 bridgehead atoms. The Bertz CT molecular complexity index is 754. The van der Waals surface area contributed by atoms with Gasteiger partial charge in [-0.25, -0.2) is 5.84 Å². The Morgan fingerprint density at radius 1 is 1.43 bits per heavy atom. The number of rotatable bonds is 3. The van der Waals surface area contributed by atoms with Gasteiger partial charge in [-0.2, -0.15) is 9.78 Å². The van der Waals surface area contributed by atoms with Crippen LogP contribution in [0.3, 0.4) is 0 Å². The van der Waals surface area contributed by atoms with Gasteiger partial charge in [-0.1, -0.05) is 6.07 Å². The fourth-order valence-corrected chi connectivity index (χ4v) is 1.82. The summed E-state index contributed by atoms with van der Waals surface area (Å²) in [5.74, 6) is 4.06. The normalized spacial score (nSPS) is 10.2. The van der Waals surface area contributed by atoms with Crippen LogP contribution in [0.5, 0.6) is 11.5 Å². The van der Waals surface area contributed by atoms with Crippen LogP contribution < -0.4 is 21.6 Å². The summed E-state index contributed by atoms with van der Waals surface area (Å²) in [7, 11) is 1.45. The summed E-state index contributed by atoms with van der Waals surface area (Å²) in [5.41, 5.74) is 2.11. The third-order valence-electron chi connectivity index (χ3n) is 2.82. The van der Waals surface area contributed by atoms with Crippen molar-refractivity contribution in [1.29, 1.82) is 0 Å². The minimum absolute atomic E-state index is 0.355. The lowest BCUT2D eigenvalue weighted by Crippen LogP contribution is -2.33. The van der Waals surface area contributed by atoms with Crippen molar-refractivity contribution < 1.29 is 14.6 Å². The summed E-state index contributed by atoms with van der Waals surface area (Å²) < 4.78 is 6.15. The fraction of sp³-hybridized carbons (Fsp3) is 0.154. The van der Waals surface area contributed by atoms with Gasteiger partial charge in [0.05, 0.1) is 7.11 Å². The fourth-order valence-electron chi connectivity index (χ4n) is 1.82. The maximum absolute atomic E-state index is 12.0. The van der Waals surface area contributed by atoms with Crippen LogP contribution in [0.15, 0.2) is 29.1 Å². The van der Waals surface area contributed by atoms with E-state index in [2.05, 4.69) is 5.10 Å². The molecule has 1 aromatic heterocycles. The number of amides is 1. The molecule has 0 aliphatic heterocycles. The molecule has 21 heavy (non-hydrogen) atoms. The molecule has 0 unspecified atom stereocenters. The first-order valence-corrected chi connectivity index (χ1v) is 5.97. The lowest BCUT2D eigenvalue weighted by Gasteiger charge is -2.12. The molecule has 2 rings (SSSR count). The second kappa shape index (κ2) is 5.63. The molecule has 110 valence electrons. The van der Waals surface area contributed by atoms with Crippen LogP contribution in [-0.2, 0) is 0 Å². The maximum atomic E-state index is 12.0. The zero-order chi connectivity index (χ0) is 15.6. The van der Waals surface area contributed by atoms with Crippen LogP contribution in [0.4, 0.5) is 0 Å². The lowest BCUT2D eigenvalue weighted by atomic mass is 10.2. The molecule has 0 saturated heterocycles. The van der Waals surface area contributed by atoms with E-state index in [1.54, 1.807) is 18.2 Å². The number of carbonyl (C=O) groups excluding carboxylic acids is 1. The molecule has 2 aromatic rings. The number of aromatic nitrogens is 2. The van der Waals surface area contributed by atoms with Crippen LogP contribution in [0.2, 0.25) is 0 Å². The highest BCUT2D eigenvalue weighted by atomic mass is 16.5. The van der Waals surface area contributed by atoms with E-state index < -0.39 is 17.2 Å². The predicted octanol–water partition coefficient (Wildman–Crippen LogP) is -0.141. The third kappa shape index (κ3) is 2.70. The zero-order valence-corrected chi connectivity index (χ0v) is 11.5. The smallest absolute Gasteiger partial charge is 0.289 e. The standard InChI is InChI=1S/C13H14N4O4/c1-7-3-4-10(21-2)8(5-7)17-11(19)6-9(18)12(16-17)13(20)15-14/h3-6,18H,14H2,1-2H3,(H,15,20). The first-order chi connectivity index (χ1) is 9.97. The van der Waals surface area contributed by atoms with Gasteiger partial charge in [0.15, 0.2) is 11.4 Å². The monoisotopic (exact) mass is 290 g/mol. The molecular formula is C13H14N4O4. The van der Waals surface area contributed by atoms with Crippen LogP contribution in [0.1, 0.15) is 16.1 Å². The van der Waals surface area contributed by atoms with Crippen molar-refractivity contribution in [1.82, 2.24) is 15.2 Å². The van der Waals surface area contributed by atoms with E-state index in [1.807, 2.05) is 12.3 Å². The minimum atomic E-state index is -0.812. The van der Waals surface area contributed by atoms with Gasteiger partial charge in [0.25, 0.3) is 11.5 Å². The van der Waals surface area contributed by atoms with Gasteiger partial charge >= 0.3 is 0 Å². The number of nitrogens with zero attached hydrogens (tertiary/aromatic N) is 2. The van der Waals surface area contributed by atoms with E-state index in [-0.39, 0.29) is 5.69 Å². The second-order valence-electron chi connectivity index (χ2n) is 4.28. The number of methoxy groups -OCH3 is 1. The Labute approximate surface area is 119 Å². The molecule has 1 amide bonds. The summed E-state index contributed by atoms with van der Waals surface area (Å²) in [6.45, 7) is 1.84. The number of aromatic hydroxyl groups is 1. The maximum Gasteiger partial charge on any atom is 0.289 e. The number of benzene rings is 1. The van der Waals surface area contributed by atoms with Crippen molar-refractivity contribution in [2.24, 2.45) is 5.84 Å². The summed E-state index contributed by atoms with van der Waals surface area (Å²) in [4.78, 5) is 23.6. The number of ether oxygens (including phenoxy) is 1. The molecule has 0 saturated carbocycles. The number of hydrogen-bond donors (Lipinski definition) is 3. The Morgan fingerprint density at radius 3 is 2.76 bits per heavy atom. The Morgan fingerprint density at radius 2 is 2.14 bits per heavy atom. The third-order valence-corrected chi connectivity index (χ3v) is 2.82. The summed E-state index contributed by atoms with van der Waals surface area (Å²) in [6, 6.07) is 6.05. The van der Waals surface area contributed by atoms with Gasteiger partial charge in [-0.3, -0.25) is 15.0 Å². The Kier molecular flexibility index (Phi) is 3.90. The number of hydrogen-bond acceptors (Lipinski definition) is 6. The van der Waals surface area contributed by atoms with Crippen LogP contribution >= 0.6 is 0 Å². The first-order valence-electron chi connectivity index (χ1n) is 5.97. The van der Waals surface area contributed by atoms with Crippen molar-refractivity contribution >= 4 is 5.91 Å². The van der Waals surface area contributed by atoms with Crippen molar-refractivity contribution in [3.63, 3.8) is 0 Å². The number of nitrogen functional groups attached to an aromatic ring is 1. The van der Waals surface area contributed by atoms with E-state index in [0.29, 0.717) is 11.4 Å². The molecule has 0 fully saturated rings.